The van der Waals surface area contributed by atoms with Gasteiger partial charge in [0.25, 0.3) is 11.8 Å². The van der Waals surface area contributed by atoms with Crippen molar-refractivity contribution in [2.75, 3.05) is 23.9 Å². The van der Waals surface area contributed by atoms with Crippen LogP contribution in [0.25, 0.3) is 0 Å². The van der Waals surface area contributed by atoms with Crippen LogP contribution in [0.4, 0.5) is 26.0 Å². The summed E-state index contributed by atoms with van der Waals surface area (Å²) in [6, 6.07) is 9.48. The Morgan fingerprint density at radius 2 is 1.88 bits per heavy atom. The van der Waals surface area contributed by atoms with Crippen molar-refractivity contribution in [2.45, 2.75) is 13.0 Å². The summed E-state index contributed by atoms with van der Waals surface area (Å²) in [5.74, 6) is -2.42. The van der Waals surface area contributed by atoms with Crippen LogP contribution in [-0.2, 0) is 4.79 Å². The van der Waals surface area contributed by atoms with Gasteiger partial charge in [0.1, 0.15) is 41.5 Å². The molecular formula is C22H19F2N5O3. The second-order valence-electron chi connectivity index (χ2n) is 7.15. The Labute approximate surface area is 182 Å². The van der Waals surface area contributed by atoms with E-state index in [1.165, 1.54) is 17.2 Å². The van der Waals surface area contributed by atoms with Gasteiger partial charge in [0.05, 0.1) is 5.69 Å². The van der Waals surface area contributed by atoms with Gasteiger partial charge in [0.2, 0.25) is 5.82 Å². The molecular weight excluding hydrogens is 420 g/mol. The van der Waals surface area contributed by atoms with Gasteiger partial charge in [0.15, 0.2) is 0 Å². The summed E-state index contributed by atoms with van der Waals surface area (Å²) in [5, 5.41) is 5.13. The van der Waals surface area contributed by atoms with E-state index in [9.17, 15) is 18.4 Å². The molecule has 0 bridgehead atoms. The van der Waals surface area contributed by atoms with Crippen LogP contribution in [0, 0.1) is 18.6 Å². The highest BCUT2D eigenvalue weighted by Gasteiger charge is 2.31. The maximum atomic E-state index is 14.0. The molecule has 2 aromatic carbocycles. The maximum Gasteiger partial charge on any atom is 0.289 e. The smallest absolute Gasteiger partial charge is 0.289 e. The molecule has 32 heavy (non-hydrogen) atoms. The molecule has 4 rings (SSSR count). The minimum Gasteiger partial charge on any atom is -0.489 e. The maximum absolute atomic E-state index is 14.0. The number of fused-ring (bicyclic) bond motifs is 1. The number of aromatic nitrogens is 2. The standard InChI is InChI=1S/C22H19F2N5O3/c1-12-10-25-20(28-19(12)27-18-13(23)6-5-7-14(18)24)21(30)26-15-11-32-17-9-4-3-8-16(17)29(2)22(15)31/h3-10,15H,11H2,1-2H3,(H,26,30)(H,25,27,28)/t15-/m0/s1. The van der Waals surface area contributed by atoms with Crippen molar-refractivity contribution >= 4 is 29.0 Å². The largest absolute Gasteiger partial charge is 0.489 e. The highest BCUT2D eigenvalue weighted by Crippen LogP contribution is 2.30. The Hall–Kier alpha value is -4.08. The molecule has 164 valence electrons. The predicted octanol–water partition coefficient (Wildman–Crippen LogP) is 2.96. The number of nitrogens with one attached hydrogen (secondary N) is 2. The quantitative estimate of drug-likeness (QED) is 0.649. The number of ether oxygens (including phenoxy) is 1. The predicted molar refractivity (Wildman–Crippen MR) is 113 cm³/mol. The highest BCUT2D eigenvalue weighted by molar-refractivity contribution is 6.02. The molecule has 0 unspecified atom stereocenters. The number of halogens is 2. The van der Waals surface area contributed by atoms with Gasteiger partial charge >= 0.3 is 0 Å². The van der Waals surface area contributed by atoms with E-state index in [1.54, 1.807) is 38.2 Å². The number of rotatable bonds is 4. The van der Waals surface area contributed by atoms with E-state index in [4.69, 9.17) is 4.74 Å². The van der Waals surface area contributed by atoms with Gasteiger partial charge in [-0.05, 0) is 31.2 Å². The Kier molecular flexibility index (Phi) is 5.67. The molecule has 8 nitrogen and oxygen atoms in total. The van der Waals surface area contributed by atoms with Crippen molar-refractivity contribution in [3.8, 4) is 5.75 Å². The lowest BCUT2D eigenvalue weighted by atomic mass is 10.2. The number of carbonyl (C=O) groups excluding carboxylic acids is 2. The van der Waals surface area contributed by atoms with Crippen LogP contribution < -0.4 is 20.3 Å². The second-order valence-corrected chi connectivity index (χ2v) is 7.15. The number of benzene rings is 2. The molecule has 0 saturated heterocycles. The average Bonchev–Trinajstić information content (AvgIpc) is 2.90. The van der Waals surface area contributed by atoms with E-state index in [-0.39, 0.29) is 24.2 Å². The van der Waals surface area contributed by atoms with Crippen molar-refractivity contribution < 1.29 is 23.1 Å². The first-order valence-electron chi connectivity index (χ1n) is 9.70. The van der Waals surface area contributed by atoms with Crippen molar-refractivity contribution in [1.82, 2.24) is 15.3 Å². The fraction of sp³-hybridized carbons (Fsp3) is 0.182. The van der Waals surface area contributed by atoms with E-state index >= 15 is 0 Å². The summed E-state index contributed by atoms with van der Waals surface area (Å²) in [4.78, 5) is 35.0. The van der Waals surface area contributed by atoms with Crippen molar-refractivity contribution in [3.05, 3.63) is 71.7 Å². The van der Waals surface area contributed by atoms with Crippen LogP contribution >= 0.6 is 0 Å². The number of carbonyl (C=O) groups is 2. The van der Waals surface area contributed by atoms with Crippen LogP contribution in [0.15, 0.2) is 48.7 Å². The number of hydrogen-bond donors (Lipinski definition) is 2. The van der Waals surface area contributed by atoms with Crippen molar-refractivity contribution in [3.63, 3.8) is 0 Å². The fourth-order valence-electron chi connectivity index (χ4n) is 3.19. The summed E-state index contributed by atoms with van der Waals surface area (Å²) in [6.45, 7) is 1.54. The molecule has 0 aliphatic carbocycles. The SMILES string of the molecule is Cc1cnc(C(=O)N[C@H]2COc3ccccc3N(C)C2=O)nc1Nc1c(F)cccc1F. The Morgan fingerprint density at radius 1 is 1.16 bits per heavy atom. The number of anilines is 3. The lowest BCUT2D eigenvalue weighted by Crippen LogP contribution is -2.49. The van der Waals surface area contributed by atoms with Gasteiger partial charge in [-0.15, -0.1) is 0 Å². The number of likely N-dealkylation sites (N-methyl/N-ethyl adjacent to an activating group) is 1. The first-order chi connectivity index (χ1) is 15.3. The molecule has 10 heteroatoms. The summed E-state index contributed by atoms with van der Waals surface area (Å²) < 4.78 is 33.6. The van der Waals surface area contributed by atoms with Gasteiger partial charge in [-0.25, -0.2) is 18.7 Å². The third-order valence-electron chi connectivity index (χ3n) is 4.95. The summed E-state index contributed by atoms with van der Waals surface area (Å²) >= 11 is 0. The van der Waals surface area contributed by atoms with Crippen molar-refractivity contribution in [2.24, 2.45) is 0 Å². The molecule has 2 N–H and O–H groups in total. The average molecular weight is 439 g/mol. The monoisotopic (exact) mass is 439 g/mol. The molecule has 0 radical (unpaired) electrons. The van der Waals surface area contributed by atoms with Gasteiger partial charge in [-0.1, -0.05) is 18.2 Å². The van der Waals surface area contributed by atoms with E-state index in [1.807, 2.05) is 0 Å². The topological polar surface area (TPSA) is 96.5 Å². The van der Waals surface area contributed by atoms with Crippen LogP contribution in [0.2, 0.25) is 0 Å². The Morgan fingerprint density at radius 3 is 2.62 bits per heavy atom. The molecule has 1 aromatic heterocycles. The molecule has 1 atom stereocenters. The zero-order valence-electron chi connectivity index (χ0n) is 17.2. The number of para-hydroxylation sites is 3. The molecule has 2 heterocycles. The summed E-state index contributed by atoms with van der Waals surface area (Å²) in [6.07, 6.45) is 1.34. The zero-order valence-corrected chi connectivity index (χ0v) is 17.2. The van der Waals surface area contributed by atoms with Crippen LogP contribution in [0.3, 0.4) is 0 Å². The zero-order chi connectivity index (χ0) is 22.8. The fourth-order valence-corrected chi connectivity index (χ4v) is 3.19. The lowest BCUT2D eigenvalue weighted by Gasteiger charge is -2.20. The molecule has 1 aliphatic heterocycles. The third kappa shape index (κ3) is 4.07. The van der Waals surface area contributed by atoms with Crippen LogP contribution in [0.1, 0.15) is 16.2 Å². The number of nitrogens with zero attached hydrogens (tertiary/aromatic N) is 3. The molecule has 1 aliphatic rings. The van der Waals surface area contributed by atoms with E-state index in [0.29, 0.717) is 17.0 Å². The van der Waals surface area contributed by atoms with Crippen LogP contribution in [0.5, 0.6) is 5.75 Å². The number of amides is 2. The highest BCUT2D eigenvalue weighted by atomic mass is 19.1. The first kappa shape index (κ1) is 21.2. The molecule has 3 aromatic rings. The third-order valence-corrected chi connectivity index (χ3v) is 4.95. The number of aryl methyl sites for hydroxylation is 1. The van der Waals surface area contributed by atoms with Gasteiger partial charge in [-0.2, -0.15) is 0 Å². The number of hydrogen-bond acceptors (Lipinski definition) is 6. The van der Waals surface area contributed by atoms with E-state index in [0.717, 1.165) is 12.1 Å². The van der Waals surface area contributed by atoms with Gasteiger partial charge < -0.3 is 20.3 Å². The van der Waals surface area contributed by atoms with Crippen LogP contribution in [-0.4, -0.2) is 41.5 Å². The molecule has 2 amide bonds. The molecule has 0 spiro atoms. The summed E-state index contributed by atoms with van der Waals surface area (Å²) in [7, 11) is 1.59. The van der Waals surface area contributed by atoms with Gasteiger partial charge in [-0.3, -0.25) is 9.59 Å². The summed E-state index contributed by atoms with van der Waals surface area (Å²) in [5.41, 5.74) is 0.653. The second kappa shape index (κ2) is 8.58. The lowest BCUT2D eigenvalue weighted by molar-refractivity contribution is -0.120. The van der Waals surface area contributed by atoms with E-state index in [2.05, 4.69) is 20.6 Å². The minimum absolute atomic E-state index is 0.0575. The Bertz CT molecular complexity index is 1180. The minimum atomic E-state index is -0.981. The van der Waals surface area contributed by atoms with Crippen molar-refractivity contribution in [1.29, 1.82) is 0 Å². The first-order valence-corrected chi connectivity index (χ1v) is 9.70. The Balaban J connectivity index is 1.54. The van der Waals surface area contributed by atoms with E-state index < -0.39 is 29.3 Å². The van der Waals surface area contributed by atoms with Gasteiger partial charge in [0, 0.05) is 18.8 Å². The normalized spacial score (nSPS) is 15.4. The molecule has 0 saturated carbocycles. The molecule has 0 fully saturated rings.